The van der Waals surface area contributed by atoms with Crippen LogP contribution in [-0.4, -0.2) is 25.1 Å². The number of hydrogen-bond donors (Lipinski definition) is 0. The van der Waals surface area contributed by atoms with Gasteiger partial charge in [-0.1, -0.05) is 25.0 Å². The lowest BCUT2D eigenvalue weighted by molar-refractivity contribution is -0.140. The summed E-state index contributed by atoms with van der Waals surface area (Å²) in [7, 11) is 1.58. The summed E-state index contributed by atoms with van der Waals surface area (Å²) in [6.45, 7) is 1.75. The summed E-state index contributed by atoms with van der Waals surface area (Å²) in [5.74, 6) is -0.651. The molecule has 0 bridgehead atoms. The van der Waals surface area contributed by atoms with Gasteiger partial charge in [-0.3, -0.25) is 14.5 Å². The first-order valence-corrected chi connectivity index (χ1v) is 9.99. The molecule has 1 aliphatic carbocycles. The minimum atomic E-state index is -3.85. The van der Waals surface area contributed by atoms with E-state index in [0.29, 0.717) is 11.1 Å². The molecule has 1 saturated heterocycles. The zero-order chi connectivity index (χ0) is 16.8. The molecule has 2 atom stereocenters. The van der Waals surface area contributed by atoms with Crippen LogP contribution in [0.1, 0.15) is 36.8 Å². The van der Waals surface area contributed by atoms with Crippen LogP contribution < -0.4 is 0 Å². The summed E-state index contributed by atoms with van der Waals surface area (Å²) in [5, 5.41) is 0. The number of hydrogen-bond acceptors (Lipinski definition) is 4. The van der Waals surface area contributed by atoms with Gasteiger partial charge in [0.05, 0.1) is 23.3 Å². The van der Waals surface area contributed by atoms with E-state index in [1.54, 1.807) is 19.1 Å². The van der Waals surface area contributed by atoms with Crippen LogP contribution in [0.3, 0.4) is 0 Å². The van der Waals surface area contributed by atoms with Crippen LogP contribution in [0.5, 0.6) is 0 Å². The second kappa shape index (κ2) is 5.91. The van der Waals surface area contributed by atoms with E-state index in [-0.39, 0.29) is 35.1 Å². The number of amides is 2. The topological polar surface area (TPSA) is 71.5 Å². The third-order valence-corrected chi connectivity index (χ3v) is 6.25. The Kier molecular flexibility index (Phi) is 4.23. The molecule has 124 valence electrons. The molecule has 0 aromatic heterocycles. The minimum absolute atomic E-state index is 0.0215. The molecule has 2 amide bonds. The number of likely N-dealkylation sites (tertiary alicyclic amines) is 1. The van der Waals surface area contributed by atoms with Gasteiger partial charge in [0.15, 0.2) is 0 Å². The van der Waals surface area contributed by atoms with Crippen molar-refractivity contribution >= 4 is 31.5 Å². The Morgan fingerprint density at radius 1 is 1.13 bits per heavy atom. The number of fused-ring (bicyclic) bond motifs is 1. The number of rotatable bonds is 3. The summed E-state index contributed by atoms with van der Waals surface area (Å²) in [6.07, 6.45) is 3.49. The molecule has 0 spiro atoms. The molecular formula is C16H18ClNO4S. The van der Waals surface area contributed by atoms with Crippen molar-refractivity contribution in [3.05, 3.63) is 29.3 Å². The van der Waals surface area contributed by atoms with Crippen LogP contribution in [0, 0.1) is 18.8 Å². The number of nitrogens with zero attached hydrogens (tertiary/aromatic N) is 1. The molecule has 0 N–H and O–H groups in total. The maximum Gasteiger partial charge on any atom is 0.261 e. The van der Waals surface area contributed by atoms with Gasteiger partial charge in [0.25, 0.3) is 9.05 Å². The second-order valence-electron chi connectivity index (χ2n) is 6.30. The van der Waals surface area contributed by atoms with Crippen LogP contribution in [0.4, 0.5) is 0 Å². The molecule has 1 heterocycles. The summed E-state index contributed by atoms with van der Waals surface area (Å²) in [4.78, 5) is 26.2. The molecule has 2 aliphatic rings. The molecule has 23 heavy (non-hydrogen) atoms. The van der Waals surface area contributed by atoms with Crippen molar-refractivity contribution in [3.8, 4) is 0 Å². The molecule has 1 aromatic carbocycles. The first-order chi connectivity index (χ1) is 10.8. The summed E-state index contributed by atoms with van der Waals surface area (Å²) in [5.41, 5.74) is 1.13. The highest BCUT2D eigenvalue weighted by molar-refractivity contribution is 8.13. The zero-order valence-electron chi connectivity index (χ0n) is 12.8. The molecule has 1 aromatic rings. The van der Waals surface area contributed by atoms with Crippen molar-refractivity contribution in [2.75, 3.05) is 0 Å². The molecule has 3 rings (SSSR count). The van der Waals surface area contributed by atoms with Crippen molar-refractivity contribution in [2.45, 2.75) is 44.0 Å². The maximum atomic E-state index is 12.5. The monoisotopic (exact) mass is 355 g/mol. The highest BCUT2D eigenvalue weighted by atomic mass is 35.7. The van der Waals surface area contributed by atoms with E-state index in [4.69, 9.17) is 10.7 Å². The van der Waals surface area contributed by atoms with E-state index in [1.807, 2.05) is 0 Å². The van der Waals surface area contributed by atoms with Gasteiger partial charge in [0.2, 0.25) is 11.8 Å². The van der Waals surface area contributed by atoms with Crippen molar-refractivity contribution in [3.63, 3.8) is 0 Å². The largest absolute Gasteiger partial charge is 0.278 e. The number of carbonyl (C=O) groups is 2. The first-order valence-electron chi connectivity index (χ1n) is 7.68. The SMILES string of the molecule is Cc1ccc(CN2C(=O)C3CCCCC3C2=O)cc1S(=O)(=O)Cl. The third-order valence-electron chi connectivity index (χ3n) is 4.79. The molecule has 1 aliphatic heterocycles. The summed E-state index contributed by atoms with van der Waals surface area (Å²) < 4.78 is 23.2. The van der Waals surface area contributed by atoms with E-state index in [9.17, 15) is 18.0 Å². The number of imide groups is 1. The molecule has 1 saturated carbocycles. The first kappa shape index (κ1) is 16.5. The molecular weight excluding hydrogens is 338 g/mol. The Balaban J connectivity index is 1.88. The van der Waals surface area contributed by atoms with Gasteiger partial charge in [-0.2, -0.15) is 0 Å². The Bertz CT molecular complexity index is 750. The van der Waals surface area contributed by atoms with E-state index < -0.39 is 9.05 Å². The highest BCUT2D eigenvalue weighted by Crippen LogP contribution is 2.38. The minimum Gasteiger partial charge on any atom is -0.278 e. The Morgan fingerprint density at radius 2 is 1.70 bits per heavy atom. The van der Waals surface area contributed by atoms with Gasteiger partial charge in [0.1, 0.15) is 0 Å². The lowest BCUT2D eigenvalue weighted by Gasteiger charge is -2.19. The smallest absolute Gasteiger partial charge is 0.261 e. The fraction of sp³-hybridized carbons (Fsp3) is 0.500. The van der Waals surface area contributed by atoms with Crippen LogP contribution in [0.2, 0.25) is 0 Å². The van der Waals surface area contributed by atoms with E-state index in [1.165, 1.54) is 11.0 Å². The van der Waals surface area contributed by atoms with E-state index in [2.05, 4.69) is 0 Å². The van der Waals surface area contributed by atoms with Crippen molar-refractivity contribution in [1.29, 1.82) is 0 Å². The van der Waals surface area contributed by atoms with Crippen LogP contribution in [-0.2, 0) is 25.2 Å². The average Bonchev–Trinajstić information content (AvgIpc) is 2.73. The number of carbonyl (C=O) groups excluding carboxylic acids is 2. The zero-order valence-corrected chi connectivity index (χ0v) is 14.4. The third kappa shape index (κ3) is 3.02. The lowest BCUT2D eigenvalue weighted by atomic mass is 9.81. The highest BCUT2D eigenvalue weighted by Gasteiger charge is 2.47. The molecule has 2 fully saturated rings. The Labute approximate surface area is 140 Å². The van der Waals surface area contributed by atoms with Crippen LogP contribution in [0.25, 0.3) is 0 Å². The number of halogens is 1. The van der Waals surface area contributed by atoms with Gasteiger partial charge >= 0.3 is 0 Å². The van der Waals surface area contributed by atoms with Crippen molar-refractivity contribution in [1.82, 2.24) is 4.90 Å². The Morgan fingerprint density at radius 3 is 2.22 bits per heavy atom. The normalized spacial score (nSPS) is 24.9. The summed E-state index contributed by atoms with van der Waals surface area (Å²) in [6, 6.07) is 4.81. The fourth-order valence-electron chi connectivity index (χ4n) is 3.57. The van der Waals surface area contributed by atoms with Gasteiger partial charge in [-0.15, -0.1) is 0 Å². The lowest BCUT2D eigenvalue weighted by Crippen LogP contribution is -2.30. The molecule has 7 heteroatoms. The van der Waals surface area contributed by atoms with Crippen molar-refractivity contribution in [2.24, 2.45) is 11.8 Å². The average molecular weight is 356 g/mol. The molecule has 5 nitrogen and oxygen atoms in total. The van der Waals surface area contributed by atoms with E-state index in [0.717, 1.165) is 25.7 Å². The molecule has 0 radical (unpaired) electrons. The quantitative estimate of drug-likeness (QED) is 0.617. The van der Waals surface area contributed by atoms with Gasteiger partial charge in [-0.25, -0.2) is 8.42 Å². The number of aryl methyl sites for hydroxylation is 1. The number of benzene rings is 1. The molecule has 2 unspecified atom stereocenters. The fourth-order valence-corrected chi connectivity index (χ4v) is 4.82. The van der Waals surface area contributed by atoms with E-state index >= 15 is 0 Å². The van der Waals surface area contributed by atoms with Crippen LogP contribution >= 0.6 is 10.7 Å². The predicted octanol–water partition coefficient (Wildman–Crippen LogP) is 2.60. The van der Waals surface area contributed by atoms with Gasteiger partial charge < -0.3 is 0 Å². The van der Waals surface area contributed by atoms with Crippen molar-refractivity contribution < 1.29 is 18.0 Å². The standard InChI is InChI=1S/C16H18ClNO4S/c1-10-6-7-11(8-14(10)23(17,21)22)9-18-15(19)12-4-2-3-5-13(12)16(18)20/h6-8,12-13H,2-5,9H2,1H3. The Hall–Kier alpha value is -1.40. The van der Waals surface area contributed by atoms with Crippen LogP contribution in [0.15, 0.2) is 23.1 Å². The van der Waals surface area contributed by atoms with Gasteiger partial charge in [0, 0.05) is 10.7 Å². The predicted molar refractivity (Wildman–Crippen MR) is 85.2 cm³/mol. The van der Waals surface area contributed by atoms with Gasteiger partial charge in [-0.05, 0) is 37.0 Å². The maximum absolute atomic E-state index is 12.5. The second-order valence-corrected chi connectivity index (χ2v) is 8.83. The summed E-state index contributed by atoms with van der Waals surface area (Å²) >= 11 is 0.